The lowest BCUT2D eigenvalue weighted by Crippen LogP contribution is -2.64. The van der Waals surface area contributed by atoms with Crippen LogP contribution in [0.1, 0.15) is 13.3 Å². The van der Waals surface area contributed by atoms with Gasteiger partial charge in [-0.25, -0.2) is 4.79 Å². The maximum absolute atomic E-state index is 13.2. The molecule has 2 N–H and O–H groups in total. The molecule has 0 aliphatic carbocycles. The van der Waals surface area contributed by atoms with Crippen LogP contribution in [0.5, 0.6) is 0 Å². The van der Waals surface area contributed by atoms with E-state index < -0.39 is 91.7 Å². The number of esters is 1. The zero-order valence-electron chi connectivity index (χ0n) is 32.7. The quantitative estimate of drug-likeness (QED) is 0.0684. The van der Waals surface area contributed by atoms with Crippen LogP contribution in [0.4, 0.5) is 0 Å². The first-order valence-electron chi connectivity index (χ1n) is 16.5. The van der Waals surface area contributed by atoms with Crippen molar-refractivity contribution in [3.8, 4) is 0 Å². The summed E-state index contributed by atoms with van der Waals surface area (Å²) < 4.78 is 47.9. The van der Waals surface area contributed by atoms with E-state index in [1.165, 1.54) is 0 Å². The van der Waals surface area contributed by atoms with E-state index in [1.807, 2.05) is 6.08 Å². The number of ether oxygens (including phenoxy) is 1. The van der Waals surface area contributed by atoms with Gasteiger partial charge in [0.15, 0.2) is 49.9 Å². The van der Waals surface area contributed by atoms with Crippen molar-refractivity contribution in [2.45, 2.75) is 149 Å². The molecule has 0 heterocycles. The molecule has 46 heavy (non-hydrogen) atoms. The van der Waals surface area contributed by atoms with Gasteiger partial charge in [-0.3, -0.25) is 0 Å². The fraction of sp³-hybridized carbons (Fsp3) is 0.893. The zero-order chi connectivity index (χ0) is 36.8. The van der Waals surface area contributed by atoms with Gasteiger partial charge in [0, 0.05) is 17.2 Å². The van der Waals surface area contributed by atoms with Crippen LogP contribution in [0, 0.1) is 0 Å². The van der Waals surface area contributed by atoms with Crippen molar-refractivity contribution >= 4 is 73.5 Å². The molecule has 0 aliphatic rings. The summed E-state index contributed by atoms with van der Waals surface area (Å²) in [6.45, 7) is 39.7. The molecule has 0 amide bonds. The molecule has 2 atom stereocenters. The van der Waals surface area contributed by atoms with Crippen molar-refractivity contribution < 1.29 is 44.4 Å². The lowest BCUT2D eigenvalue weighted by atomic mass is 10.2. The third kappa shape index (κ3) is 21.0. The first kappa shape index (κ1) is 46.6. The van der Waals surface area contributed by atoms with Crippen LogP contribution in [0.15, 0.2) is 11.6 Å². The summed E-state index contributed by atoms with van der Waals surface area (Å²) in [7, 11) is -20.1. The molecular weight excluding hydrogens is 721 g/mol. The Morgan fingerprint density at radius 3 is 1.22 bits per heavy atom. The molecule has 0 aromatic rings. The van der Waals surface area contributed by atoms with Gasteiger partial charge in [-0.1, -0.05) is 6.08 Å². The van der Waals surface area contributed by atoms with Gasteiger partial charge in [-0.2, -0.15) is 0 Å². The van der Waals surface area contributed by atoms with Crippen molar-refractivity contribution in [1.82, 2.24) is 0 Å². The number of rotatable bonds is 21. The summed E-state index contributed by atoms with van der Waals surface area (Å²) in [4.78, 5) is 13.2. The van der Waals surface area contributed by atoms with Crippen LogP contribution in [0.25, 0.3) is 0 Å². The van der Waals surface area contributed by atoms with Gasteiger partial charge in [0.05, 0.1) is 6.61 Å². The van der Waals surface area contributed by atoms with Gasteiger partial charge < -0.3 is 39.6 Å². The van der Waals surface area contributed by atoms with E-state index in [9.17, 15) is 15.0 Å². The fourth-order valence-electron chi connectivity index (χ4n) is 4.59. The maximum atomic E-state index is 13.2. The summed E-state index contributed by atoms with van der Waals surface area (Å²) in [6.07, 6.45) is 1.27. The number of aliphatic hydroxyl groups is 2. The summed E-state index contributed by atoms with van der Waals surface area (Å²) in [5.41, 5.74) is -0.0549. The SMILES string of the molecule is CC(=CC(CC[Si](O[Si](C)(C)C)(O[Si](C)(C)C)O[Si](C)(C)C)[Si](O[Si](C)(C)C)(O[Si](C)(C)C)O[Si](C)(C)C)C(=O)OCC(O)CO. The van der Waals surface area contributed by atoms with Crippen molar-refractivity contribution in [1.29, 1.82) is 0 Å². The molecule has 274 valence electrons. The van der Waals surface area contributed by atoms with Crippen LogP contribution < -0.4 is 0 Å². The van der Waals surface area contributed by atoms with Gasteiger partial charge >= 0.3 is 23.6 Å². The van der Waals surface area contributed by atoms with E-state index in [2.05, 4.69) is 118 Å². The lowest BCUT2D eigenvalue weighted by molar-refractivity contribution is -0.142. The van der Waals surface area contributed by atoms with Crippen molar-refractivity contribution in [2.75, 3.05) is 13.2 Å². The average Bonchev–Trinajstić information content (AvgIpc) is 2.72. The minimum absolute atomic E-state index is 0.301. The van der Waals surface area contributed by atoms with Gasteiger partial charge in [0.1, 0.15) is 12.7 Å². The number of allylic oxidation sites excluding steroid dienone is 1. The van der Waals surface area contributed by atoms with Gasteiger partial charge in [-0.05, 0) is 131 Å². The number of carbonyl (C=O) groups excluding carboxylic acids is 1. The van der Waals surface area contributed by atoms with Crippen LogP contribution in [-0.2, 0) is 34.2 Å². The molecule has 0 bridgehead atoms. The first-order chi connectivity index (χ1) is 20.1. The third-order valence-electron chi connectivity index (χ3n) is 5.34. The molecule has 0 aromatic carbocycles. The van der Waals surface area contributed by atoms with Gasteiger partial charge in [-0.15, -0.1) is 0 Å². The molecule has 2 unspecified atom stereocenters. The predicted molar refractivity (Wildman–Crippen MR) is 209 cm³/mol. The normalized spacial score (nSPS) is 16.4. The monoisotopic (exact) mass is 790 g/mol. The second-order valence-corrected chi connectivity index (χ2v) is 52.1. The third-order valence-corrected chi connectivity index (χ3v) is 29.4. The summed E-state index contributed by atoms with van der Waals surface area (Å²) >= 11 is 0. The number of hydrogen-bond acceptors (Lipinski definition) is 10. The summed E-state index contributed by atoms with van der Waals surface area (Å²) in [5.74, 6) is -0.576. The van der Waals surface area contributed by atoms with E-state index in [-0.39, 0.29) is 6.61 Å². The molecule has 0 radical (unpaired) electrons. The highest BCUT2D eigenvalue weighted by Crippen LogP contribution is 2.42. The van der Waals surface area contributed by atoms with Crippen molar-refractivity contribution in [3.05, 3.63) is 11.6 Å². The Morgan fingerprint density at radius 1 is 0.609 bits per heavy atom. The second-order valence-electron chi connectivity index (χ2n) is 18.0. The van der Waals surface area contributed by atoms with Crippen molar-refractivity contribution in [3.63, 3.8) is 0 Å². The number of hydrogen-bond donors (Lipinski definition) is 2. The largest absolute Gasteiger partial charge is 0.476 e. The molecular formula is C28H70O10Si8. The Labute approximate surface area is 290 Å². The highest BCUT2D eigenvalue weighted by atomic mass is 28.5. The van der Waals surface area contributed by atoms with Crippen molar-refractivity contribution in [2.24, 2.45) is 0 Å². The number of carbonyl (C=O) groups is 1. The highest BCUT2D eigenvalue weighted by molar-refractivity contribution is 6.92. The molecule has 10 nitrogen and oxygen atoms in total. The fourth-order valence-corrected chi connectivity index (χ4v) is 34.2. The molecule has 0 spiro atoms. The number of aliphatic hydroxyl groups excluding tert-OH is 2. The van der Waals surface area contributed by atoms with E-state index in [1.54, 1.807) is 6.92 Å². The Bertz CT molecular complexity index is 906. The molecule has 0 rings (SSSR count). The second kappa shape index (κ2) is 17.2. The van der Waals surface area contributed by atoms with E-state index in [0.29, 0.717) is 18.0 Å². The molecule has 0 aromatic heterocycles. The molecule has 18 heteroatoms. The van der Waals surface area contributed by atoms with Gasteiger partial charge in [0.2, 0.25) is 0 Å². The lowest BCUT2D eigenvalue weighted by Gasteiger charge is -2.47. The molecule has 0 saturated heterocycles. The first-order valence-corrected chi connectivity index (χ1v) is 40.6. The smallest absolute Gasteiger partial charge is 0.459 e. The zero-order valence-corrected chi connectivity index (χ0v) is 40.7. The van der Waals surface area contributed by atoms with Crippen LogP contribution in [0.2, 0.25) is 129 Å². The molecule has 0 aliphatic heterocycles. The Kier molecular flexibility index (Phi) is 17.5. The minimum atomic E-state index is -3.57. The highest BCUT2D eigenvalue weighted by Gasteiger charge is 2.57. The Morgan fingerprint density at radius 2 is 0.935 bits per heavy atom. The topological polar surface area (TPSA) is 122 Å². The molecule has 0 fully saturated rings. The van der Waals surface area contributed by atoms with Crippen LogP contribution >= 0.6 is 0 Å². The van der Waals surface area contributed by atoms with Crippen LogP contribution in [-0.4, -0.2) is 103 Å². The Hall–Kier alpha value is 0.625. The minimum Gasteiger partial charge on any atom is -0.459 e. The maximum Gasteiger partial charge on any atom is 0.476 e. The summed E-state index contributed by atoms with van der Waals surface area (Å²) in [6, 6.07) is 0.520. The standard InChI is InChI=1S/C28H70O10Si8/c1-25(28(31)32-24-26(30)23-29)22-27(46(36-42(11,12)13,37-43(14,15)16)38-44(17,18)19)20-21-45(33-39(2,3)4,34-40(5,6)7)35-41(8,9)10/h22,26-27,29-30H,20-21,23-24H2,1-19H3. The molecule has 0 saturated carbocycles. The van der Waals surface area contributed by atoms with E-state index in [4.69, 9.17) is 29.4 Å². The predicted octanol–water partition coefficient (Wildman–Crippen LogP) is 7.58. The van der Waals surface area contributed by atoms with Gasteiger partial charge in [0.25, 0.3) is 0 Å². The van der Waals surface area contributed by atoms with E-state index in [0.717, 1.165) is 0 Å². The Balaban J connectivity index is 7.60. The van der Waals surface area contributed by atoms with Crippen LogP contribution in [0.3, 0.4) is 0 Å². The van der Waals surface area contributed by atoms with E-state index >= 15 is 0 Å². The average molecular weight is 792 g/mol. The summed E-state index contributed by atoms with van der Waals surface area (Å²) in [5, 5.41) is 19.1.